The van der Waals surface area contributed by atoms with Crippen LogP contribution >= 0.6 is 22.9 Å². The van der Waals surface area contributed by atoms with Crippen LogP contribution in [0.3, 0.4) is 0 Å². The van der Waals surface area contributed by atoms with Crippen LogP contribution in [0.5, 0.6) is 0 Å². The second-order valence-corrected chi connectivity index (χ2v) is 8.29. The summed E-state index contributed by atoms with van der Waals surface area (Å²) in [5.41, 5.74) is 0. The lowest BCUT2D eigenvalue weighted by Gasteiger charge is -2.33. The molecule has 0 aliphatic carbocycles. The zero-order valence-electron chi connectivity index (χ0n) is 11.1. The molecule has 0 spiro atoms. The smallest absolute Gasteiger partial charge is 0.273 e. The topological polar surface area (TPSA) is 66.5 Å². The molecule has 1 unspecified atom stereocenters. The number of thiophene rings is 1. The maximum Gasteiger partial charge on any atom is 0.273 e. The van der Waals surface area contributed by atoms with Crippen molar-refractivity contribution < 1.29 is 13.2 Å². The molecular weight excluding hydrogens is 320 g/mol. The van der Waals surface area contributed by atoms with Gasteiger partial charge in [-0.1, -0.05) is 24.9 Å². The predicted molar refractivity (Wildman–Crippen MR) is 79.5 cm³/mol. The fraction of sp³-hybridized carbons (Fsp3) is 0.583. The maximum absolute atomic E-state index is 12.2. The van der Waals surface area contributed by atoms with E-state index in [1.807, 2.05) is 11.8 Å². The molecule has 1 aromatic heterocycles. The van der Waals surface area contributed by atoms with Crippen molar-refractivity contribution in [3.8, 4) is 0 Å². The normalized spacial score (nSPS) is 20.8. The Labute approximate surface area is 128 Å². The number of carbonyl (C=O) groups excluding carboxylic acids is 1. The van der Waals surface area contributed by atoms with Gasteiger partial charge >= 0.3 is 0 Å². The lowest BCUT2D eigenvalue weighted by molar-refractivity contribution is -0.125. The molecule has 1 aliphatic heterocycles. The van der Waals surface area contributed by atoms with Crippen molar-refractivity contribution in [3.05, 3.63) is 16.5 Å². The van der Waals surface area contributed by atoms with Gasteiger partial charge in [-0.15, -0.1) is 11.3 Å². The first kappa shape index (κ1) is 15.8. The Bertz CT molecular complexity index is 585. The number of nitrogens with zero attached hydrogens (tertiary/aromatic N) is 1. The molecular formula is C12H17ClN2O3S2. The molecule has 1 aliphatic rings. The van der Waals surface area contributed by atoms with Crippen molar-refractivity contribution in [2.45, 2.75) is 36.4 Å². The fourth-order valence-electron chi connectivity index (χ4n) is 2.36. The SMILES string of the molecule is CCN1CCCCC1C(=O)NS(=O)(=O)c1ccc(Cl)s1. The van der Waals surface area contributed by atoms with Gasteiger partial charge in [-0.3, -0.25) is 9.69 Å². The monoisotopic (exact) mass is 336 g/mol. The highest BCUT2D eigenvalue weighted by atomic mass is 35.5. The molecule has 112 valence electrons. The molecule has 20 heavy (non-hydrogen) atoms. The van der Waals surface area contributed by atoms with Crippen LogP contribution in [-0.4, -0.2) is 38.4 Å². The van der Waals surface area contributed by atoms with Gasteiger partial charge < -0.3 is 0 Å². The first-order valence-corrected chi connectivity index (χ1v) is 9.18. The van der Waals surface area contributed by atoms with E-state index >= 15 is 0 Å². The van der Waals surface area contributed by atoms with Crippen molar-refractivity contribution in [3.63, 3.8) is 0 Å². The number of nitrogens with one attached hydrogen (secondary N) is 1. The van der Waals surface area contributed by atoms with Gasteiger partial charge in [0, 0.05) is 0 Å². The minimum atomic E-state index is -3.81. The highest BCUT2D eigenvalue weighted by Gasteiger charge is 2.31. The Balaban J connectivity index is 2.10. The van der Waals surface area contributed by atoms with Crippen LogP contribution < -0.4 is 4.72 Å². The highest BCUT2D eigenvalue weighted by molar-refractivity contribution is 7.92. The summed E-state index contributed by atoms with van der Waals surface area (Å²) >= 11 is 6.67. The standard InChI is InChI=1S/C12H17ClN2O3S2/c1-2-15-8-4-3-5-9(15)12(16)14-20(17,18)11-7-6-10(13)19-11/h6-7,9H,2-5,8H2,1H3,(H,14,16). The Kier molecular flexibility index (Phi) is 5.06. The number of sulfonamides is 1. The minimum Gasteiger partial charge on any atom is -0.292 e. The van der Waals surface area contributed by atoms with Crippen LogP contribution in [0.25, 0.3) is 0 Å². The van der Waals surface area contributed by atoms with Crippen LogP contribution in [-0.2, 0) is 14.8 Å². The van der Waals surface area contributed by atoms with E-state index in [0.29, 0.717) is 10.8 Å². The van der Waals surface area contributed by atoms with Crippen molar-refractivity contribution in [1.82, 2.24) is 9.62 Å². The van der Waals surface area contributed by atoms with E-state index in [2.05, 4.69) is 4.72 Å². The van der Waals surface area contributed by atoms with Crippen LogP contribution in [0, 0.1) is 0 Å². The van der Waals surface area contributed by atoms with Gasteiger partial charge in [-0.05, 0) is 38.1 Å². The Morgan fingerprint density at radius 3 is 2.85 bits per heavy atom. The number of likely N-dealkylation sites (N-methyl/N-ethyl adjacent to an activating group) is 1. The fourth-order valence-corrected chi connectivity index (χ4v) is 4.86. The van der Waals surface area contributed by atoms with E-state index in [-0.39, 0.29) is 10.3 Å². The summed E-state index contributed by atoms with van der Waals surface area (Å²) in [4.78, 5) is 14.2. The van der Waals surface area contributed by atoms with Crippen LogP contribution in [0.4, 0.5) is 0 Å². The number of hydrogen-bond acceptors (Lipinski definition) is 5. The average molecular weight is 337 g/mol. The molecule has 1 N–H and O–H groups in total. The summed E-state index contributed by atoms with van der Waals surface area (Å²) in [5, 5.41) is 0. The summed E-state index contributed by atoms with van der Waals surface area (Å²) in [6, 6.07) is 2.55. The van der Waals surface area contributed by atoms with E-state index in [4.69, 9.17) is 11.6 Å². The van der Waals surface area contributed by atoms with Crippen LogP contribution in [0.2, 0.25) is 4.34 Å². The molecule has 0 radical (unpaired) electrons. The largest absolute Gasteiger partial charge is 0.292 e. The number of rotatable bonds is 4. The van der Waals surface area contributed by atoms with E-state index < -0.39 is 15.9 Å². The van der Waals surface area contributed by atoms with Crippen molar-refractivity contribution >= 4 is 38.9 Å². The third-order valence-electron chi connectivity index (χ3n) is 3.37. The summed E-state index contributed by atoms with van der Waals surface area (Å²) in [6.07, 6.45) is 2.69. The van der Waals surface area contributed by atoms with Gasteiger partial charge in [0.1, 0.15) is 4.21 Å². The lowest BCUT2D eigenvalue weighted by Crippen LogP contribution is -2.50. The van der Waals surface area contributed by atoms with Gasteiger partial charge in [0.25, 0.3) is 15.9 Å². The van der Waals surface area contributed by atoms with Crippen molar-refractivity contribution in [1.29, 1.82) is 0 Å². The van der Waals surface area contributed by atoms with Crippen molar-refractivity contribution in [2.75, 3.05) is 13.1 Å². The molecule has 2 rings (SSSR count). The third kappa shape index (κ3) is 3.52. The average Bonchev–Trinajstić information content (AvgIpc) is 2.85. The summed E-state index contributed by atoms with van der Waals surface area (Å²) < 4.78 is 26.8. The molecule has 0 saturated carbocycles. The molecule has 0 aromatic carbocycles. The summed E-state index contributed by atoms with van der Waals surface area (Å²) in [5.74, 6) is -0.448. The first-order valence-electron chi connectivity index (χ1n) is 6.50. The predicted octanol–water partition coefficient (Wildman–Crippen LogP) is 2.08. The van der Waals surface area contributed by atoms with Gasteiger partial charge in [-0.2, -0.15) is 0 Å². The first-order chi connectivity index (χ1) is 9.44. The Hall–Kier alpha value is -0.630. The van der Waals surface area contributed by atoms with E-state index in [1.165, 1.54) is 12.1 Å². The number of piperidine rings is 1. The zero-order chi connectivity index (χ0) is 14.8. The van der Waals surface area contributed by atoms with Crippen LogP contribution in [0.1, 0.15) is 26.2 Å². The molecule has 1 aromatic rings. The second-order valence-electron chi connectivity index (χ2n) is 4.67. The number of hydrogen-bond donors (Lipinski definition) is 1. The van der Waals surface area contributed by atoms with E-state index in [1.54, 1.807) is 0 Å². The third-order valence-corrected chi connectivity index (χ3v) is 6.44. The molecule has 2 heterocycles. The summed E-state index contributed by atoms with van der Waals surface area (Å²) in [7, 11) is -3.81. The molecule has 1 saturated heterocycles. The Morgan fingerprint density at radius 2 is 2.25 bits per heavy atom. The lowest BCUT2D eigenvalue weighted by atomic mass is 10.0. The van der Waals surface area contributed by atoms with E-state index in [0.717, 1.165) is 37.3 Å². The van der Waals surface area contributed by atoms with Crippen molar-refractivity contribution in [2.24, 2.45) is 0 Å². The molecule has 1 atom stereocenters. The number of halogens is 1. The highest BCUT2D eigenvalue weighted by Crippen LogP contribution is 2.25. The molecule has 1 fully saturated rings. The van der Waals surface area contributed by atoms with Gasteiger partial charge in [0.15, 0.2) is 0 Å². The Morgan fingerprint density at radius 1 is 1.50 bits per heavy atom. The van der Waals surface area contributed by atoms with Gasteiger partial charge in [0.2, 0.25) is 0 Å². The van der Waals surface area contributed by atoms with Gasteiger partial charge in [0.05, 0.1) is 10.4 Å². The number of carbonyl (C=O) groups is 1. The maximum atomic E-state index is 12.2. The zero-order valence-corrected chi connectivity index (χ0v) is 13.5. The minimum absolute atomic E-state index is 0.0645. The number of likely N-dealkylation sites (tertiary alicyclic amines) is 1. The van der Waals surface area contributed by atoms with Gasteiger partial charge in [-0.25, -0.2) is 13.1 Å². The molecule has 0 bridgehead atoms. The molecule has 8 heteroatoms. The van der Waals surface area contributed by atoms with E-state index in [9.17, 15) is 13.2 Å². The van der Waals surface area contributed by atoms with Crippen LogP contribution in [0.15, 0.2) is 16.3 Å². The quantitative estimate of drug-likeness (QED) is 0.914. The number of amides is 1. The second kappa shape index (κ2) is 6.43. The summed E-state index contributed by atoms with van der Waals surface area (Å²) in [6.45, 7) is 3.54. The molecule has 1 amide bonds. The molecule has 5 nitrogen and oxygen atoms in total.